The van der Waals surface area contributed by atoms with E-state index in [0.29, 0.717) is 24.3 Å². The lowest BCUT2D eigenvalue weighted by Gasteiger charge is -2.40. The molecule has 1 aliphatic carbocycles. The van der Waals surface area contributed by atoms with Crippen LogP contribution in [0.15, 0.2) is 47.6 Å². The maximum Gasteiger partial charge on any atom is 0.185 e. The topological polar surface area (TPSA) is 57.5 Å². The van der Waals surface area contributed by atoms with Crippen molar-refractivity contribution in [3.63, 3.8) is 0 Å². The van der Waals surface area contributed by atoms with E-state index in [4.69, 9.17) is 0 Å². The van der Waals surface area contributed by atoms with E-state index in [1.54, 1.807) is 0 Å². The van der Waals surface area contributed by atoms with Crippen molar-refractivity contribution in [1.82, 2.24) is 0 Å². The van der Waals surface area contributed by atoms with Crippen LogP contribution in [-0.4, -0.2) is 16.0 Å². The molecule has 2 N–H and O–H groups in total. The fourth-order valence-electron chi connectivity index (χ4n) is 6.91. The molecule has 3 nitrogen and oxygen atoms in total. The van der Waals surface area contributed by atoms with Gasteiger partial charge in [0.05, 0.1) is 0 Å². The molecule has 0 amide bonds. The Bertz CT molecular complexity index is 1390. The van der Waals surface area contributed by atoms with Gasteiger partial charge in [-0.25, -0.2) is 0 Å². The van der Waals surface area contributed by atoms with Gasteiger partial charge in [0.15, 0.2) is 5.78 Å². The van der Waals surface area contributed by atoms with Crippen molar-refractivity contribution in [3.05, 3.63) is 80.9 Å². The van der Waals surface area contributed by atoms with Crippen LogP contribution in [0.1, 0.15) is 158 Å². The first-order valence-electron chi connectivity index (χ1n) is 17.5. The maximum atomic E-state index is 14.2. The first kappa shape index (κ1) is 38.6. The van der Waals surface area contributed by atoms with Gasteiger partial charge in [0.2, 0.25) is 0 Å². The monoisotopic (exact) mass is 643 g/mol. The normalized spacial score (nSPS) is 16.7. The van der Waals surface area contributed by atoms with Crippen LogP contribution < -0.4 is 0 Å². The Morgan fingerprint density at radius 2 is 0.681 bits per heavy atom. The van der Waals surface area contributed by atoms with Crippen molar-refractivity contribution in [2.45, 2.75) is 159 Å². The highest BCUT2D eigenvalue weighted by Crippen LogP contribution is 2.49. The second-order valence-corrected chi connectivity index (χ2v) is 20.6. The number of phenolic OH excluding ortho intramolecular Hbond substituents is 2. The van der Waals surface area contributed by atoms with Gasteiger partial charge < -0.3 is 10.2 Å². The molecular weight excluding hydrogens is 576 g/mol. The molecule has 0 spiro atoms. The third-order valence-corrected chi connectivity index (χ3v) is 9.61. The van der Waals surface area contributed by atoms with Crippen LogP contribution in [0.4, 0.5) is 0 Å². The molecule has 0 radical (unpaired) electrons. The molecule has 3 rings (SSSR count). The number of rotatable bonds is 4. The SMILES string of the molecule is CC(C)(C)C1=CC(Cc2cc(C(C)(C)C)c(O)c(C(C)(C)C)c2)(Cc2cc(C(C)(C)C)c(O)c(C(C)(C)C)c2)C=C(C(C)(C)C)C1=O. The Hall–Kier alpha value is -2.81. The van der Waals surface area contributed by atoms with Crippen molar-refractivity contribution in [2.24, 2.45) is 16.2 Å². The van der Waals surface area contributed by atoms with Gasteiger partial charge in [0, 0.05) is 16.6 Å². The summed E-state index contributed by atoms with van der Waals surface area (Å²) < 4.78 is 0. The number of aromatic hydroxyl groups is 2. The summed E-state index contributed by atoms with van der Waals surface area (Å²) in [6.07, 6.45) is 5.88. The van der Waals surface area contributed by atoms with Crippen molar-refractivity contribution in [3.8, 4) is 11.5 Å². The molecule has 0 fully saturated rings. The molecule has 47 heavy (non-hydrogen) atoms. The first-order valence-corrected chi connectivity index (χ1v) is 17.5. The Morgan fingerprint density at radius 3 is 0.872 bits per heavy atom. The lowest BCUT2D eigenvalue weighted by molar-refractivity contribution is -0.114. The second kappa shape index (κ2) is 12.0. The minimum atomic E-state index is -0.526. The standard InChI is InChI=1S/C44H66O3/c1-38(2,3)29-19-27(20-30(35(29)45)39(4,5)6)23-44(25-33(42(13,14)15)37(47)34(26-44)43(16,17)18)24-28-21-31(40(7,8)9)36(46)32(22-28)41(10,11)12/h19-22,25-26,45-46H,23-24H2,1-18H3. The van der Waals surface area contributed by atoms with Crippen molar-refractivity contribution in [2.75, 3.05) is 0 Å². The molecule has 0 heterocycles. The quantitative estimate of drug-likeness (QED) is 0.349. The highest BCUT2D eigenvalue weighted by atomic mass is 16.3. The van der Waals surface area contributed by atoms with Crippen LogP contribution in [0, 0.1) is 16.2 Å². The van der Waals surface area contributed by atoms with E-state index in [-0.39, 0.29) is 38.3 Å². The van der Waals surface area contributed by atoms with Gasteiger partial charge in [-0.15, -0.1) is 0 Å². The van der Waals surface area contributed by atoms with E-state index >= 15 is 0 Å². The molecule has 0 bridgehead atoms. The Kier molecular flexibility index (Phi) is 9.83. The average molecular weight is 643 g/mol. The average Bonchev–Trinajstić information content (AvgIpc) is 2.83. The summed E-state index contributed by atoms with van der Waals surface area (Å²) in [6, 6.07) is 8.76. The number of phenols is 2. The molecule has 0 aliphatic heterocycles. The zero-order chi connectivity index (χ0) is 36.5. The second-order valence-electron chi connectivity index (χ2n) is 20.6. The van der Waals surface area contributed by atoms with Crippen molar-refractivity contribution in [1.29, 1.82) is 0 Å². The summed E-state index contributed by atoms with van der Waals surface area (Å²) in [5.74, 6) is 0.886. The molecule has 2 aromatic carbocycles. The molecule has 3 heteroatoms. The van der Waals surface area contributed by atoms with Crippen molar-refractivity contribution < 1.29 is 15.0 Å². The van der Waals surface area contributed by atoms with Crippen molar-refractivity contribution >= 4 is 5.78 Å². The number of allylic oxidation sites excluding steroid dienone is 4. The number of Topliss-reactive ketones (excluding diaryl/α,β-unsaturated/α-hetero) is 1. The summed E-state index contributed by atoms with van der Waals surface area (Å²) in [5, 5.41) is 23.1. The highest BCUT2D eigenvalue weighted by Gasteiger charge is 2.42. The fraction of sp³-hybridized carbons (Fsp3) is 0.614. The third kappa shape index (κ3) is 8.44. The van der Waals surface area contributed by atoms with E-state index in [0.717, 1.165) is 44.5 Å². The number of benzene rings is 2. The highest BCUT2D eigenvalue weighted by molar-refractivity contribution is 6.11. The van der Waals surface area contributed by atoms with Gasteiger partial charge in [-0.2, -0.15) is 0 Å². The predicted molar refractivity (Wildman–Crippen MR) is 201 cm³/mol. The largest absolute Gasteiger partial charge is 0.507 e. The minimum Gasteiger partial charge on any atom is -0.507 e. The van der Waals surface area contributed by atoms with Crippen LogP contribution in [0.25, 0.3) is 0 Å². The number of hydrogen-bond acceptors (Lipinski definition) is 3. The van der Waals surface area contributed by atoms with E-state index in [9.17, 15) is 15.0 Å². The number of carbonyl (C=O) groups excluding carboxylic acids is 1. The predicted octanol–water partition coefficient (Wildman–Crippen LogP) is 11.6. The molecule has 0 atom stereocenters. The third-order valence-electron chi connectivity index (χ3n) is 9.61. The summed E-state index contributed by atoms with van der Waals surface area (Å²) in [6.45, 7) is 38.7. The molecule has 0 aromatic heterocycles. The molecule has 260 valence electrons. The van der Waals surface area contributed by atoms with Crippen LogP contribution in [0.2, 0.25) is 0 Å². The summed E-state index contributed by atoms with van der Waals surface area (Å²) in [7, 11) is 0. The Morgan fingerprint density at radius 1 is 0.447 bits per heavy atom. The van der Waals surface area contributed by atoms with Gasteiger partial charge >= 0.3 is 0 Å². The van der Waals surface area contributed by atoms with Gasteiger partial charge in [0.25, 0.3) is 0 Å². The molecule has 0 unspecified atom stereocenters. The van der Waals surface area contributed by atoms with Gasteiger partial charge in [-0.05, 0) is 78.7 Å². The fourth-order valence-corrected chi connectivity index (χ4v) is 6.91. The van der Waals surface area contributed by atoms with Crippen LogP contribution in [-0.2, 0) is 39.3 Å². The minimum absolute atomic E-state index is 0.133. The van der Waals surface area contributed by atoms with E-state index in [1.165, 1.54) is 0 Å². The smallest absolute Gasteiger partial charge is 0.185 e. The number of ketones is 1. The zero-order valence-electron chi connectivity index (χ0n) is 33.2. The zero-order valence-corrected chi connectivity index (χ0v) is 33.2. The number of carbonyl (C=O) groups is 1. The molecule has 0 saturated heterocycles. The summed E-state index contributed by atoms with van der Waals surface area (Å²) >= 11 is 0. The maximum absolute atomic E-state index is 14.2. The summed E-state index contributed by atoms with van der Waals surface area (Å²) in [4.78, 5) is 14.2. The van der Waals surface area contributed by atoms with Gasteiger partial charge in [-0.1, -0.05) is 161 Å². The van der Waals surface area contributed by atoms with E-state index in [2.05, 4.69) is 161 Å². The van der Waals surface area contributed by atoms with Crippen LogP contribution in [0.5, 0.6) is 11.5 Å². The molecule has 2 aromatic rings. The van der Waals surface area contributed by atoms with Crippen LogP contribution in [0.3, 0.4) is 0 Å². The number of hydrogen-bond donors (Lipinski definition) is 2. The van der Waals surface area contributed by atoms with Gasteiger partial charge in [0.1, 0.15) is 11.5 Å². The van der Waals surface area contributed by atoms with E-state index in [1.807, 2.05) is 0 Å². The molecular formula is C44H66O3. The Labute approximate surface area is 288 Å². The Balaban J connectivity index is 2.50. The lowest BCUT2D eigenvalue weighted by atomic mass is 9.63. The molecule has 1 aliphatic rings. The van der Waals surface area contributed by atoms with Gasteiger partial charge in [-0.3, -0.25) is 4.79 Å². The lowest BCUT2D eigenvalue weighted by Crippen LogP contribution is -2.36. The molecule has 0 saturated carbocycles. The first-order chi connectivity index (χ1) is 20.8. The van der Waals surface area contributed by atoms with E-state index < -0.39 is 5.41 Å². The summed E-state index contributed by atoms with van der Waals surface area (Å²) in [5.41, 5.74) is 5.51. The van der Waals surface area contributed by atoms with Crippen LogP contribution >= 0.6 is 0 Å².